The Morgan fingerprint density at radius 2 is 2.25 bits per heavy atom. The molecule has 1 aromatic heterocycles. The molecule has 12 heavy (non-hydrogen) atoms. The average molecular weight is 172 g/mol. The molecule has 1 rings (SSSR count). The summed E-state index contributed by atoms with van der Waals surface area (Å²) in [5.74, 6) is 0.362. The minimum absolute atomic E-state index is 0.254. The molecule has 1 aromatic rings. The Hall–Kier alpha value is -1.07. The molecule has 0 aliphatic heterocycles. The lowest BCUT2D eigenvalue weighted by atomic mass is 10.1. The van der Waals surface area contributed by atoms with Gasteiger partial charge in [0.1, 0.15) is 0 Å². The molecule has 1 heterocycles. The predicted octanol–water partition coefficient (Wildman–Crippen LogP) is -0.468. The van der Waals surface area contributed by atoms with Crippen LogP contribution in [0.2, 0.25) is 0 Å². The Morgan fingerprint density at radius 1 is 1.58 bits per heavy atom. The highest BCUT2D eigenvalue weighted by Gasteiger charge is 2.25. The number of aromatic nitrogens is 2. The SMILES string of the molecule is CC(CO)(CO)Oc1cc[nH]n1. The molecular formula is C7H12N2O3. The Morgan fingerprint density at radius 3 is 2.67 bits per heavy atom. The van der Waals surface area contributed by atoms with Crippen molar-refractivity contribution >= 4 is 0 Å². The van der Waals surface area contributed by atoms with E-state index in [1.54, 1.807) is 19.2 Å². The monoisotopic (exact) mass is 172 g/mol. The highest BCUT2D eigenvalue weighted by Crippen LogP contribution is 2.13. The van der Waals surface area contributed by atoms with E-state index in [1.807, 2.05) is 0 Å². The topological polar surface area (TPSA) is 78.4 Å². The highest BCUT2D eigenvalue weighted by molar-refractivity contribution is 5.06. The molecule has 0 aliphatic rings. The van der Waals surface area contributed by atoms with Crippen molar-refractivity contribution in [3.8, 4) is 5.88 Å². The van der Waals surface area contributed by atoms with Crippen LogP contribution in [0.4, 0.5) is 0 Å². The highest BCUT2D eigenvalue weighted by atomic mass is 16.5. The molecule has 3 N–H and O–H groups in total. The molecule has 0 saturated heterocycles. The van der Waals surface area contributed by atoms with Gasteiger partial charge in [0.2, 0.25) is 5.88 Å². The van der Waals surface area contributed by atoms with Gasteiger partial charge in [-0.3, -0.25) is 5.10 Å². The lowest BCUT2D eigenvalue weighted by molar-refractivity contribution is -0.0224. The van der Waals surface area contributed by atoms with E-state index in [1.165, 1.54) is 0 Å². The summed E-state index contributed by atoms with van der Waals surface area (Å²) in [6.45, 7) is 1.09. The van der Waals surface area contributed by atoms with E-state index < -0.39 is 5.60 Å². The lowest BCUT2D eigenvalue weighted by Gasteiger charge is -2.24. The van der Waals surface area contributed by atoms with Gasteiger partial charge < -0.3 is 14.9 Å². The number of hydrogen-bond donors (Lipinski definition) is 3. The van der Waals surface area contributed by atoms with Crippen molar-refractivity contribution in [1.82, 2.24) is 10.2 Å². The van der Waals surface area contributed by atoms with Gasteiger partial charge in [0, 0.05) is 12.3 Å². The number of aliphatic hydroxyl groups is 2. The van der Waals surface area contributed by atoms with Crippen molar-refractivity contribution in [3.63, 3.8) is 0 Å². The average Bonchev–Trinajstić information content (AvgIpc) is 2.57. The van der Waals surface area contributed by atoms with Crippen LogP contribution in [-0.4, -0.2) is 39.2 Å². The molecule has 0 atom stereocenters. The number of aliphatic hydroxyl groups excluding tert-OH is 2. The normalized spacial score (nSPS) is 11.6. The Balaban J connectivity index is 2.60. The van der Waals surface area contributed by atoms with E-state index in [2.05, 4.69) is 10.2 Å². The standard InChI is InChI=1S/C7H12N2O3/c1-7(4-10,5-11)12-6-2-3-8-9-6/h2-3,10-11H,4-5H2,1H3,(H,8,9). The lowest BCUT2D eigenvalue weighted by Crippen LogP contribution is -2.40. The minimum atomic E-state index is -0.963. The first kappa shape index (κ1) is 9.02. The second kappa shape index (κ2) is 3.55. The smallest absolute Gasteiger partial charge is 0.233 e. The number of hydrogen-bond acceptors (Lipinski definition) is 4. The molecule has 0 radical (unpaired) electrons. The summed E-state index contributed by atoms with van der Waals surface area (Å²) in [5, 5.41) is 24.0. The van der Waals surface area contributed by atoms with Crippen LogP contribution < -0.4 is 4.74 Å². The third-order valence-electron chi connectivity index (χ3n) is 1.50. The Labute approximate surface area is 70.0 Å². The third kappa shape index (κ3) is 1.96. The van der Waals surface area contributed by atoms with Gasteiger partial charge in [0.25, 0.3) is 0 Å². The van der Waals surface area contributed by atoms with Crippen LogP contribution in [0.5, 0.6) is 5.88 Å². The second-order valence-corrected chi connectivity index (χ2v) is 2.78. The fraction of sp³-hybridized carbons (Fsp3) is 0.571. The van der Waals surface area contributed by atoms with Gasteiger partial charge in [-0.2, -0.15) is 0 Å². The molecule has 0 saturated carbocycles. The summed E-state index contributed by atoms with van der Waals surface area (Å²) in [7, 11) is 0. The number of nitrogens with zero attached hydrogens (tertiary/aromatic N) is 1. The summed E-state index contributed by atoms with van der Waals surface area (Å²) in [6, 6.07) is 1.61. The van der Waals surface area contributed by atoms with Crippen LogP contribution >= 0.6 is 0 Å². The maximum atomic E-state index is 8.86. The fourth-order valence-electron chi connectivity index (χ4n) is 0.671. The number of ether oxygens (including phenoxy) is 1. The van der Waals surface area contributed by atoms with Crippen LogP contribution in [0.15, 0.2) is 12.3 Å². The van der Waals surface area contributed by atoms with Crippen LogP contribution in [0.3, 0.4) is 0 Å². The molecule has 0 spiro atoms. The molecule has 0 fully saturated rings. The van der Waals surface area contributed by atoms with E-state index in [0.29, 0.717) is 5.88 Å². The second-order valence-electron chi connectivity index (χ2n) is 2.78. The molecule has 0 aromatic carbocycles. The van der Waals surface area contributed by atoms with Crippen molar-refractivity contribution in [2.75, 3.05) is 13.2 Å². The van der Waals surface area contributed by atoms with E-state index in [-0.39, 0.29) is 13.2 Å². The van der Waals surface area contributed by atoms with Crippen molar-refractivity contribution in [2.45, 2.75) is 12.5 Å². The van der Waals surface area contributed by atoms with Crippen LogP contribution in [-0.2, 0) is 0 Å². The predicted molar refractivity (Wildman–Crippen MR) is 41.8 cm³/mol. The van der Waals surface area contributed by atoms with Crippen molar-refractivity contribution in [1.29, 1.82) is 0 Å². The van der Waals surface area contributed by atoms with E-state index in [0.717, 1.165) is 0 Å². The maximum absolute atomic E-state index is 8.86. The molecule has 0 aliphatic carbocycles. The molecule has 5 heteroatoms. The van der Waals surface area contributed by atoms with Crippen LogP contribution in [0.1, 0.15) is 6.92 Å². The van der Waals surface area contributed by atoms with Gasteiger partial charge in [0.05, 0.1) is 13.2 Å². The van der Waals surface area contributed by atoms with Gasteiger partial charge in [-0.25, -0.2) is 0 Å². The van der Waals surface area contributed by atoms with Gasteiger partial charge in [-0.1, -0.05) is 0 Å². The van der Waals surface area contributed by atoms with Crippen LogP contribution in [0.25, 0.3) is 0 Å². The molecule has 0 unspecified atom stereocenters. The number of rotatable bonds is 4. The van der Waals surface area contributed by atoms with Crippen molar-refractivity contribution in [2.24, 2.45) is 0 Å². The van der Waals surface area contributed by atoms with Gasteiger partial charge in [-0.05, 0) is 6.92 Å². The quantitative estimate of drug-likeness (QED) is 0.573. The Bertz CT molecular complexity index is 219. The summed E-state index contributed by atoms with van der Waals surface area (Å²) >= 11 is 0. The van der Waals surface area contributed by atoms with Crippen molar-refractivity contribution in [3.05, 3.63) is 12.3 Å². The minimum Gasteiger partial charge on any atom is -0.465 e. The van der Waals surface area contributed by atoms with Gasteiger partial charge in [-0.15, -0.1) is 5.10 Å². The third-order valence-corrected chi connectivity index (χ3v) is 1.50. The van der Waals surface area contributed by atoms with Gasteiger partial charge >= 0.3 is 0 Å². The zero-order chi connectivity index (χ0) is 9.03. The molecule has 0 amide bonds. The van der Waals surface area contributed by atoms with E-state index in [9.17, 15) is 0 Å². The molecular weight excluding hydrogens is 160 g/mol. The molecule has 68 valence electrons. The maximum Gasteiger partial charge on any atom is 0.233 e. The van der Waals surface area contributed by atoms with E-state index in [4.69, 9.17) is 14.9 Å². The first-order valence-corrected chi connectivity index (χ1v) is 3.61. The Kier molecular flexibility index (Phi) is 2.67. The number of H-pyrrole nitrogens is 1. The summed E-state index contributed by atoms with van der Waals surface area (Å²) in [4.78, 5) is 0. The van der Waals surface area contributed by atoms with E-state index >= 15 is 0 Å². The van der Waals surface area contributed by atoms with Crippen molar-refractivity contribution < 1.29 is 14.9 Å². The number of aromatic amines is 1. The zero-order valence-corrected chi connectivity index (χ0v) is 6.82. The molecule has 0 bridgehead atoms. The largest absolute Gasteiger partial charge is 0.465 e. The summed E-state index contributed by atoms with van der Waals surface area (Å²) in [5.41, 5.74) is -0.963. The number of nitrogens with one attached hydrogen (secondary N) is 1. The van der Waals surface area contributed by atoms with Gasteiger partial charge in [0.15, 0.2) is 5.60 Å². The summed E-state index contributed by atoms with van der Waals surface area (Å²) in [6.07, 6.45) is 1.60. The molecule has 5 nitrogen and oxygen atoms in total. The summed E-state index contributed by atoms with van der Waals surface area (Å²) < 4.78 is 5.20. The first-order chi connectivity index (χ1) is 5.70. The zero-order valence-electron chi connectivity index (χ0n) is 6.82. The fourth-order valence-corrected chi connectivity index (χ4v) is 0.671. The first-order valence-electron chi connectivity index (χ1n) is 3.61. The van der Waals surface area contributed by atoms with Crippen LogP contribution in [0, 0.1) is 0 Å².